The van der Waals surface area contributed by atoms with Gasteiger partial charge in [-0.1, -0.05) is 12.1 Å². The van der Waals surface area contributed by atoms with E-state index in [0.29, 0.717) is 11.6 Å². The molecule has 1 atom stereocenters. The van der Waals surface area contributed by atoms with Crippen molar-refractivity contribution in [3.63, 3.8) is 0 Å². The van der Waals surface area contributed by atoms with Gasteiger partial charge in [0.2, 0.25) is 0 Å². The van der Waals surface area contributed by atoms with Crippen LogP contribution in [-0.2, 0) is 6.42 Å². The minimum absolute atomic E-state index is 0.0983. The summed E-state index contributed by atoms with van der Waals surface area (Å²) in [5, 5.41) is 2.91. The normalized spacial score (nSPS) is 17.2. The molecule has 1 aliphatic heterocycles. The summed E-state index contributed by atoms with van der Waals surface area (Å²) in [6.07, 6.45) is 5.00. The summed E-state index contributed by atoms with van der Waals surface area (Å²) >= 11 is 0. The number of pyridine rings is 1. The minimum Gasteiger partial charge on any atom is -0.371 e. The zero-order valence-electron chi connectivity index (χ0n) is 16.5. The molecule has 28 heavy (non-hydrogen) atoms. The lowest BCUT2D eigenvalue weighted by atomic mass is 9.94. The number of anilines is 1. The third-order valence-electron chi connectivity index (χ3n) is 5.20. The highest BCUT2D eigenvalue weighted by molar-refractivity contribution is 5.93. The SMILES string of the molecule is CC(C)NC(=O)c1cc(N2CCC[C@H](Cc3nc4ccccc4[nH]3)C2)ccn1. The number of H-pyrrole nitrogens is 1. The van der Waals surface area contributed by atoms with Crippen molar-refractivity contribution in [2.24, 2.45) is 5.92 Å². The second-order valence-corrected chi connectivity index (χ2v) is 7.89. The lowest BCUT2D eigenvalue weighted by molar-refractivity contribution is 0.0938. The Labute approximate surface area is 165 Å². The zero-order chi connectivity index (χ0) is 19.5. The smallest absolute Gasteiger partial charge is 0.270 e. The maximum absolute atomic E-state index is 12.3. The number of amides is 1. The summed E-state index contributed by atoms with van der Waals surface area (Å²) in [6, 6.07) is 12.2. The molecular weight excluding hydrogens is 350 g/mol. The number of aromatic amines is 1. The number of carbonyl (C=O) groups excluding carboxylic acids is 1. The van der Waals surface area contributed by atoms with E-state index < -0.39 is 0 Å². The number of hydrogen-bond acceptors (Lipinski definition) is 4. The highest BCUT2D eigenvalue weighted by Crippen LogP contribution is 2.26. The monoisotopic (exact) mass is 377 g/mol. The molecule has 0 radical (unpaired) electrons. The predicted molar refractivity (Wildman–Crippen MR) is 112 cm³/mol. The highest BCUT2D eigenvalue weighted by atomic mass is 16.1. The number of rotatable bonds is 5. The first-order valence-electron chi connectivity index (χ1n) is 10.0. The molecule has 6 heteroatoms. The standard InChI is InChI=1S/C22H27N5O/c1-15(2)24-22(28)20-13-17(9-10-23-20)27-11-5-6-16(14-27)12-21-25-18-7-3-4-8-19(18)26-21/h3-4,7-10,13,15-16H,5-6,11-12,14H2,1-2H3,(H,24,28)(H,25,26)/t16-/m1/s1. The fourth-order valence-corrected chi connectivity index (χ4v) is 3.92. The van der Waals surface area contributed by atoms with E-state index in [-0.39, 0.29) is 11.9 Å². The third kappa shape index (κ3) is 4.16. The summed E-state index contributed by atoms with van der Waals surface area (Å²) < 4.78 is 0. The van der Waals surface area contributed by atoms with Gasteiger partial charge in [0, 0.05) is 37.4 Å². The van der Waals surface area contributed by atoms with Crippen molar-refractivity contribution in [2.75, 3.05) is 18.0 Å². The van der Waals surface area contributed by atoms with E-state index in [2.05, 4.69) is 26.3 Å². The van der Waals surface area contributed by atoms with Crippen LogP contribution in [0.4, 0.5) is 5.69 Å². The van der Waals surface area contributed by atoms with Crippen LogP contribution >= 0.6 is 0 Å². The van der Waals surface area contributed by atoms with Crippen molar-refractivity contribution in [3.05, 3.63) is 54.1 Å². The molecule has 1 aromatic carbocycles. The molecule has 2 N–H and O–H groups in total. The Morgan fingerprint density at radius 3 is 3.00 bits per heavy atom. The molecule has 4 rings (SSSR count). The number of aromatic nitrogens is 3. The van der Waals surface area contributed by atoms with Crippen molar-refractivity contribution >= 4 is 22.6 Å². The molecule has 1 fully saturated rings. The number of fused-ring (bicyclic) bond motifs is 1. The van der Waals surface area contributed by atoms with Gasteiger partial charge in [0.1, 0.15) is 11.5 Å². The van der Waals surface area contributed by atoms with Crippen molar-refractivity contribution in [2.45, 2.75) is 39.2 Å². The van der Waals surface area contributed by atoms with E-state index >= 15 is 0 Å². The molecule has 3 heterocycles. The second-order valence-electron chi connectivity index (χ2n) is 7.89. The molecule has 0 bridgehead atoms. The Hall–Kier alpha value is -2.89. The Bertz CT molecular complexity index is 931. The summed E-state index contributed by atoms with van der Waals surface area (Å²) in [6.45, 7) is 5.88. The molecule has 1 aliphatic rings. The number of nitrogens with zero attached hydrogens (tertiary/aromatic N) is 3. The molecular formula is C22H27N5O. The molecule has 2 aromatic heterocycles. The summed E-state index contributed by atoms with van der Waals surface area (Å²) in [4.78, 5) is 27.1. The van der Waals surface area contributed by atoms with Gasteiger partial charge in [-0.15, -0.1) is 0 Å². The molecule has 146 valence electrons. The van der Waals surface area contributed by atoms with E-state index in [1.807, 2.05) is 44.2 Å². The Balaban J connectivity index is 1.45. The van der Waals surface area contributed by atoms with Crippen LogP contribution in [0, 0.1) is 5.92 Å². The van der Waals surface area contributed by atoms with Gasteiger partial charge in [-0.25, -0.2) is 4.98 Å². The lowest BCUT2D eigenvalue weighted by Crippen LogP contribution is -2.37. The van der Waals surface area contributed by atoms with Crippen LogP contribution in [0.25, 0.3) is 11.0 Å². The van der Waals surface area contributed by atoms with Crippen LogP contribution in [0.2, 0.25) is 0 Å². The fourth-order valence-electron chi connectivity index (χ4n) is 3.92. The van der Waals surface area contributed by atoms with E-state index in [0.717, 1.165) is 48.5 Å². The van der Waals surface area contributed by atoms with Gasteiger partial charge in [-0.2, -0.15) is 0 Å². The third-order valence-corrected chi connectivity index (χ3v) is 5.20. The van der Waals surface area contributed by atoms with Gasteiger partial charge in [-0.05, 0) is 56.9 Å². The first kappa shape index (κ1) is 18.5. The Morgan fingerprint density at radius 1 is 1.32 bits per heavy atom. The van der Waals surface area contributed by atoms with Crippen LogP contribution < -0.4 is 10.2 Å². The first-order chi connectivity index (χ1) is 13.6. The maximum atomic E-state index is 12.3. The van der Waals surface area contributed by atoms with Gasteiger partial charge in [0.15, 0.2) is 0 Å². The summed E-state index contributed by atoms with van der Waals surface area (Å²) in [7, 11) is 0. The van der Waals surface area contributed by atoms with E-state index in [9.17, 15) is 4.79 Å². The Kier molecular flexibility index (Phi) is 5.28. The molecule has 0 spiro atoms. The number of para-hydroxylation sites is 2. The number of hydrogen-bond donors (Lipinski definition) is 2. The highest BCUT2D eigenvalue weighted by Gasteiger charge is 2.22. The number of piperidine rings is 1. The predicted octanol–water partition coefficient (Wildman–Crippen LogP) is 3.56. The topological polar surface area (TPSA) is 73.9 Å². The zero-order valence-corrected chi connectivity index (χ0v) is 16.5. The molecule has 1 saturated heterocycles. The molecule has 0 saturated carbocycles. The number of benzene rings is 1. The average Bonchev–Trinajstić information content (AvgIpc) is 3.10. The van der Waals surface area contributed by atoms with E-state index in [1.54, 1.807) is 6.20 Å². The van der Waals surface area contributed by atoms with Crippen LogP contribution in [0.15, 0.2) is 42.6 Å². The van der Waals surface area contributed by atoms with E-state index in [1.165, 1.54) is 6.42 Å². The molecule has 0 unspecified atom stereocenters. The minimum atomic E-state index is -0.118. The quantitative estimate of drug-likeness (QED) is 0.713. The largest absolute Gasteiger partial charge is 0.371 e. The molecule has 6 nitrogen and oxygen atoms in total. The second kappa shape index (κ2) is 8.00. The van der Waals surface area contributed by atoms with Crippen molar-refractivity contribution in [3.8, 4) is 0 Å². The summed E-state index contributed by atoms with van der Waals surface area (Å²) in [5.41, 5.74) is 3.67. The number of carbonyl (C=O) groups is 1. The average molecular weight is 377 g/mol. The van der Waals surface area contributed by atoms with Crippen molar-refractivity contribution in [1.29, 1.82) is 0 Å². The number of imidazole rings is 1. The van der Waals surface area contributed by atoms with Gasteiger partial charge in [0.05, 0.1) is 11.0 Å². The lowest BCUT2D eigenvalue weighted by Gasteiger charge is -2.34. The van der Waals surface area contributed by atoms with Crippen molar-refractivity contribution in [1.82, 2.24) is 20.3 Å². The molecule has 1 amide bonds. The fraction of sp³-hybridized carbons (Fsp3) is 0.409. The first-order valence-corrected chi connectivity index (χ1v) is 10.0. The van der Waals surface area contributed by atoms with Crippen LogP contribution in [0.3, 0.4) is 0 Å². The van der Waals surface area contributed by atoms with Crippen molar-refractivity contribution < 1.29 is 4.79 Å². The van der Waals surface area contributed by atoms with Crippen LogP contribution in [0.5, 0.6) is 0 Å². The molecule has 0 aliphatic carbocycles. The number of nitrogens with one attached hydrogen (secondary N) is 2. The Morgan fingerprint density at radius 2 is 2.18 bits per heavy atom. The van der Waals surface area contributed by atoms with Gasteiger partial charge in [0.25, 0.3) is 5.91 Å². The van der Waals surface area contributed by atoms with Crippen LogP contribution in [-0.4, -0.2) is 40.0 Å². The summed E-state index contributed by atoms with van der Waals surface area (Å²) in [5.74, 6) is 1.47. The van der Waals surface area contributed by atoms with Gasteiger partial charge < -0.3 is 15.2 Å². The maximum Gasteiger partial charge on any atom is 0.270 e. The van der Waals surface area contributed by atoms with Gasteiger partial charge >= 0.3 is 0 Å². The van der Waals surface area contributed by atoms with E-state index in [4.69, 9.17) is 4.98 Å². The van der Waals surface area contributed by atoms with Crippen LogP contribution in [0.1, 0.15) is 43.0 Å². The molecule has 3 aromatic rings. The van der Waals surface area contributed by atoms with Gasteiger partial charge in [-0.3, -0.25) is 9.78 Å².